The van der Waals surface area contributed by atoms with Crippen molar-refractivity contribution in [1.82, 2.24) is 24.7 Å². The highest BCUT2D eigenvalue weighted by Gasteiger charge is 2.28. The lowest BCUT2D eigenvalue weighted by Gasteiger charge is -2.28. The summed E-state index contributed by atoms with van der Waals surface area (Å²) in [6, 6.07) is 5.15. The monoisotopic (exact) mass is 505 g/mol. The maximum absolute atomic E-state index is 14.3. The predicted molar refractivity (Wildman–Crippen MR) is 147 cm³/mol. The molecule has 198 valence electrons. The number of likely N-dealkylation sites (tertiary alicyclic amines) is 1. The van der Waals surface area contributed by atoms with Gasteiger partial charge in [-0.2, -0.15) is 0 Å². The molecule has 2 saturated heterocycles. The standard InChI is InChI=1S/C30H40FN5O/c1-20(2)34(4)30(37)26-14-24(31)8-9-27(26)36-18-23(29-21(3)15-32-16-28(29)36)13-22-10-12-35(17-22)19-25-7-5-6-11-33-25/h8-9,14-16,18,20,22,25,33H,5-7,10-13,17,19H2,1-4H3/t22-,25+/m0/s1. The van der Waals surface area contributed by atoms with Gasteiger partial charge >= 0.3 is 0 Å². The fourth-order valence-corrected chi connectivity index (χ4v) is 6.06. The smallest absolute Gasteiger partial charge is 0.256 e. The van der Waals surface area contributed by atoms with Crippen LogP contribution in [0.2, 0.25) is 0 Å². The van der Waals surface area contributed by atoms with Crippen molar-refractivity contribution >= 4 is 16.8 Å². The maximum Gasteiger partial charge on any atom is 0.256 e. The molecule has 2 aliphatic rings. The van der Waals surface area contributed by atoms with Crippen molar-refractivity contribution in [2.45, 2.75) is 65.0 Å². The number of pyridine rings is 1. The third-order valence-corrected chi connectivity index (χ3v) is 8.29. The number of nitrogens with one attached hydrogen (secondary N) is 1. The number of amides is 1. The number of aryl methyl sites for hydroxylation is 1. The zero-order valence-corrected chi connectivity index (χ0v) is 22.6. The van der Waals surface area contributed by atoms with Gasteiger partial charge < -0.3 is 19.7 Å². The fourth-order valence-electron chi connectivity index (χ4n) is 6.06. The molecule has 7 heteroatoms. The quantitative estimate of drug-likeness (QED) is 0.493. The first-order valence-electron chi connectivity index (χ1n) is 13.8. The second kappa shape index (κ2) is 10.9. The van der Waals surface area contributed by atoms with Crippen LogP contribution in [0.25, 0.3) is 16.6 Å². The molecule has 0 saturated carbocycles. The number of fused-ring (bicyclic) bond motifs is 1. The first-order valence-corrected chi connectivity index (χ1v) is 13.8. The van der Waals surface area contributed by atoms with E-state index >= 15 is 0 Å². The first kappa shape index (κ1) is 25.9. The average molecular weight is 506 g/mol. The molecule has 2 fully saturated rings. The number of nitrogens with zero attached hydrogens (tertiary/aromatic N) is 4. The summed E-state index contributed by atoms with van der Waals surface area (Å²) in [6.07, 6.45) is 12.0. The van der Waals surface area contributed by atoms with Crippen LogP contribution in [0.4, 0.5) is 4.39 Å². The van der Waals surface area contributed by atoms with Gasteiger partial charge in [-0.05, 0) is 94.8 Å². The Morgan fingerprint density at radius 3 is 2.84 bits per heavy atom. The minimum absolute atomic E-state index is 0.0126. The predicted octanol–water partition coefficient (Wildman–Crippen LogP) is 4.96. The molecule has 2 aliphatic heterocycles. The van der Waals surface area contributed by atoms with Gasteiger partial charge in [0.1, 0.15) is 5.82 Å². The molecule has 1 N–H and O–H groups in total. The van der Waals surface area contributed by atoms with Gasteiger partial charge in [0, 0.05) is 50.0 Å². The van der Waals surface area contributed by atoms with Gasteiger partial charge in [-0.1, -0.05) is 6.42 Å². The van der Waals surface area contributed by atoms with E-state index in [9.17, 15) is 9.18 Å². The van der Waals surface area contributed by atoms with Crippen molar-refractivity contribution in [3.8, 4) is 5.69 Å². The molecule has 6 nitrogen and oxygen atoms in total. The van der Waals surface area contributed by atoms with Crippen molar-refractivity contribution in [3.05, 3.63) is 59.3 Å². The highest BCUT2D eigenvalue weighted by molar-refractivity contribution is 5.99. The molecule has 0 bridgehead atoms. The SMILES string of the molecule is Cc1cncc2c1c(C[C@@H]1CCN(C[C@H]3CCCCN3)C1)cn2-c1ccc(F)cc1C(=O)N(C)C(C)C. The molecule has 3 aromatic rings. The van der Waals surface area contributed by atoms with Gasteiger partial charge in [0.15, 0.2) is 0 Å². The highest BCUT2D eigenvalue weighted by atomic mass is 19.1. The van der Waals surface area contributed by atoms with Crippen LogP contribution >= 0.6 is 0 Å². The lowest BCUT2D eigenvalue weighted by atomic mass is 9.97. The number of halogens is 1. The van der Waals surface area contributed by atoms with Crippen LogP contribution in [-0.2, 0) is 6.42 Å². The van der Waals surface area contributed by atoms with Gasteiger partial charge in [0.25, 0.3) is 5.91 Å². The minimum Gasteiger partial charge on any atom is -0.339 e. The van der Waals surface area contributed by atoms with Crippen LogP contribution in [0.5, 0.6) is 0 Å². The number of piperidine rings is 1. The summed E-state index contributed by atoms with van der Waals surface area (Å²) in [4.78, 5) is 22.1. The van der Waals surface area contributed by atoms with E-state index in [0.717, 1.165) is 43.7 Å². The second-order valence-corrected chi connectivity index (χ2v) is 11.3. The number of rotatable bonds is 7. The Kier molecular flexibility index (Phi) is 7.63. The van der Waals surface area contributed by atoms with Crippen LogP contribution in [0.1, 0.15) is 61.0 Å². The number of aromatic nitrogens is 2. The lowest BCUT2D eigenvalue weighted by molar-refractivity contribution is 0.0754. The molecular formula is C30H40FN5O. The van der Waals surface area contributed by atoms with E-state index in [2.05, 4.69) is 28.3 Å². The van der Waals surface area contributed by atoms with Crippen molar-refractivity contribution < 1.29 is 9.18 Å². The molecule has 1 amide bonds. The highest BCUT2D eigenvalue weighted by Crippen LogP contribution is 2.32. The summed E-state index contributed by atoms with van der Waals surface area (Å²) in [5.74, 6) is 0.00150. The Bertz CT molecular complexity index is 1260. The van der Waals surface area contributed by atoms with Crippen molar-refractivity contribution in [2.24, 2.45) is 5.92 Å². The molecule has 1 aromatic carbocycles. The van der Waals surface area contributed by atoms with Crippen LogP contribution in [0.15, 0.2) is 36.8 Å². The number of carbonyl (C=O) groups excluding carboxylic acids is 1. The van der Waals surface area contributed by atoms with E-state index in [-0.39, 0.29) is 11.9 Å². The van der Waals surface area contributed by atoms with Gasteiger partial charge in [-0.3, -0.25) is 9.78 Å². The maximum atomic E-state index is 14.3. The number of hydrogen-bond donors (Lipinski definition) is 1. The number of benzene rings is 1. The van der Waals surface area contributed by atoms with E-state index in [1.54, 1.807) is 18.0 Å². The lowest BCUT2D eigenvalue weighted by Crippen LogP contribution is -2.43. The zero-order chi connectivity index (χ0) is 26.1. The Morgan fingerprint density at radius 2 is 2.08 bits per heavy atom. The van der Waals surface area contributed by atoms with Gasteiger partial charge in [0.05, 0.1) is 23.0 Å². The molecular weight excluding hydrogens is 465 g/mol. The van der Waals surface area contributed by atoms with E-state index in [0.29, 0.717) is 23.2 Å². The molecule has 2 atom stereocenters. The molecule has 0 unspecified atom stereocenters. The number of hydrogen-bond acceptors (Lipinski definition) is 4. The molecule has 0 radical (unpaired) electrons. The summed E-state index contributed by atoms with van der Waals surface area (Å²) in [5.41, 5.74) is 4.43. The zero-order valence-electron chi connectivity index (χ0n) is 22.6. The van der Waals surface area contributed by atoms with Crippen LogP contribution < -0.4 is 5.32 Å². The largest absolute Gasteiger partial charge is 0.339 e. The van der Waals surface area contributed by atoms with Crippen LogP contribution in [-0.4, -0.2) is 70.6 Å². The molecule has 2 aromatic heterocycles. The van der Waals surface area contributed by atoms with E-state index in [4.69, 9.17) is 0 Å². The van der Waals surface area contributed by atoms with E-state index in [1.807, 2.05) is 30.8 Å². The molecule has 37 heavy (non-hydrogen) atoms. The minimum atomic E-state index is -0.409. The first-order chi connectivity index (χ1) is 17.8. The Labute approximate surface area is 219 Å². The third-order valence-electron chi connectivity index (χ3n) is 8.29. The van der Waals surface area contributed by atoms with E-state index < -0.39 is 5.82 Å². The molecule has 5 rings (SSSR count). The van der Waals surface area contributed by atoms with Crippen molar-refractivity contribution in [3.63, 3.8) is 0 Å². The van der Waals surface area contributed by atoms with Crippen molar-refractivity contribution in [2.75, 3.05) is 33.2 Å². The summed E-state index contributed by atoms with van der Waals surface area (Å²) in [5, 5.41) is 4.88. The Hall–Kier alpha value is -2.77. The topological polar surface area (TPSA) is 53.4 Å². The number of carbonyl (C=O) groups is 1. The fraction of sp³-hybridized carbons (Fsp3) is 0.533. The summed E-state index contributed by atoms with van der Waals surface area (Å²) >= 11 is 0. The molecule has 4 heterocycles. The van der Waals surface area contributed by atoms with Crippen LogP contribution in [0, 0.1) is 18.7 Å². The summed E-state index contributed by atoms with van der Waals surface area (Å²) in [6.45, 7) is 10.6. The summed E-state index contributed by atoms with van der Waals surface area (Å²) < 4.78 is 16.4. The van der Waals surface area contributed by atoms with Crippen molar-refractivity contribution in [1.29, 1.82) is 0 Å². The Balaban J connectivity index is 1.45. The van der Waals surface area contributed by atoms with Gasteiger partial charge in [-0.25, -0.2) is 4.39 Å². The Morgan fingerprint density at radius 1 is 1.24 bits per heavy atom. The van der Waals surface area contributed by atoms with Gasteiger partial charge in [-0.15, -0.1) is 0 Å². The normalized spacial score (nSPS) is 20.7. The molecule has 0 spiro atoms. The second-order valence-electron chi connectivity index (χ2n) is 11.3. The molecule has 0 aliphatic carbocycles. The van der Waals surface area contributed by atoms with E-state index in [1.165, 1.54) is 48.8 Å². The third kappa shape index (κ3) is 5.43. The van der Waals surface area contributed by atoms with Gasteiger partial charge in [0.2, 0.25) is 0 Å². The van der Waals surface area contributed by atoms with Crippen LogP contribution in [0.3, 0.4) is 0 Å². The average Bonchev–Trinajstić information content (AvgIpc) is 3.48. The summed E-state index contributed by atoms with van der Waals surface area (Å²) in [7, 11) is 1.77.